The Bertz CT molecular complexity index is 32.5. The second-order valence-electron chi connectivity index (χ2n) is 0.492. The SMILES string of the molecule is CC(=O)[O-].[Na+].[Na+]. The van der Waals surface area contributed by atoms with Crippen molar-refractivity contribution in [3.05, 3.63) is 0 Å². The van der Waals surface area contributed by atoms with Gasteiger partial charge in [0, 0.05) is 5.97 Å². The van der Waals surface area contributed by atoms with Crippen molar-refractivity contribution < 1.29 is 69.0 Å². The maximum Gasteiger partial charge on any atom is 1.00 e. The number of carboxylic acid groups (broad SMARTS) is 1. The molecule has 0 radical (unpaired) electrons. The molecule has 0 saturated carbocycles. The number of rotatable bonds is 0. The van der Waals surface area contributed by atoms with Gasteiger partial charge in [0.05, 0.1) is 0 Å². The van der Waals surface area contributed by atoms with E-state index >= 15 is 0 Å². The fourth-order valence-corrected chi connectivity index (χ4v) is 0. The zero-order chi connectivity index (χ0) is 3.58. The van der Waals surface area contributed by atoms with E-state index in [0.29, 0.717) is 0 Å². The van der Waals surface area contributed by atoms with Gasteiger partial charge in [0.1, 0.15) is 0 Å². The maximum atomic E-state index is 8.89. The molecule has 0 unspecified atom stereocenters. The number of aliphatic carboxylic acids is 1. The summed E-state index contributed by atoms with van der Waals surface area (Å²) in [6.07, 6.45) is 0. The third kappa shape index (κ3) is 50.6. The van der Waals surface area contributed by atoms with Gasteiger partial charge in [0.15, 0.2) is 0 Å². The van der Waals surface area contributed by atoms with Gasteiger partial charge < -0.3 is 9.90 Å². The van der Waals surface area contributed by atoms with Crippen LogP contribution in [0.3, 0.4) is 0 Å². The van der Waals surface area contributed by atoms with E-state index in [9.17, 15) is 0 Å². The molecule has 0 N–H and O–H groups in total. The van der Waals surface area contributed by atoms with Crippen LogP contribution in [-0.4, -0.2) is 5.97 Å². The second kappa shape index (κ2) is 9.69. The molecule has 4 heteroatoms. The Hall–Kier alpha value is 1.47. The molecule has 0 aromatic rings. The molecule has 0 bridgehead atoms. The summed E-state index contributed by atoms with van der Waals surface area (Å²) in [6.45, 7) is 0.972. The average Bonchev–Trinajstić information content (AvgIpc) is 0.811. The average molecular weight is 105 g/mol. The first-order valence-electron chi connectivity index (χ1n) is 0.908. The van der Waals surface area contributed by atoms with Crippen LogP contribution in [0.25, 0.3) is 0 Å². The van der Waals surface area contributed by atoms with E-state index in [0.717, 1.165) is 6.92 Å². The molecule has 0 aromatic heterocycles. The molecular weight excluding hydrogens is 102 g/mol. The molecule has 2 nitrogen and oxygen atoms in total. The maximum absolute atomic E-state index is 8.89. The van der Waals surface area contributed by atoms with Crippen LogP contribution < -0.4 is 64.2 Å². The van der Waals surface area contributed by atoms with Gasteiger partial charge in [-0.2, -0.15) is 0 Å². The first-order chi connectivity index (χ1) is 1.73. The summed E-state index contributed by atoms with van der Waals surface area (Å²) in [5, 5.41) is 8.89. The van der Waals surface area contributed by atoms with Crippen molar-refractivity contribution in [2.24, 2.45) is 0 Å². The summed E-state index contributed by atoms with van der Waals surface area (Å²) in [6, 6.07) is 0. The van der Waals surface area contributed by atoms with Crippen molar-refractivity contribution in [3.63, 3.8) is 0 Å². The number of carbonyl (C=O) groups excluding carboxylic acids is 1. The molecule has 0 aliphatic carbocycles. The minimum absolute atomic E-state index is 0. The Kier molecular flexibility index (Phi) is 25.3. The van der Waals surface area contributed by atoms with Gasteiger partial charge in [0.2, 0.25) is 0 Å². The van der Waals surface area contributed by atoms with Crippen molar-refractivity contribution in [1.82, 2.24) is 0 Å². The van der Waals surface area contributed by atoms with Crippen LogP contribution in [0, 0.1) is 0 Å². The van der Waals surface area contributed by atoms with E-state index in [1.807, 2.05) is 0 Å². The fraction of sp³-hybridized carbons (Fsp3) is 0.500. The molecule has 0 aliphatic heterocycles. The van der Waals surface area contributed by atoms with E-state index in [1.54, 1.807) is 0 Å². The molecule has 6 heavy (non-hydrogen) atoms. The zero-order valence-corrected chi connectivity index (χ0v) is 8.32. The Morgan fingerprint density at radius 3 is 1.50 bits per heavy atom. The number of hydrogen-bond acceptors (Lipinski definition) is 2. The molecule has 0 amide bonds. The van der Waals surface area contributed by atoms with Gasteiger partial charge in [0.25, 0.3) is 0 Å². The van der Waals surface area contributed by atoms with Crippen LogP contribution in [-0.2, 0) is 4.79 Å². The fourth-order valence-electron chi connectivity index (χ4n) is 0. The van der Waals surface area contributed by atoms with Gasteiger partial charge in [-0.25, -0.2) is 0 Å². The van der Waals surface area contributed by atoms with E-state index in [2.05, 4.69) is 0 Å². The van der Waals surface area contributed by atoms with Crippen LogP contribution >= 0.6 is 0 Å². The van der Waals surface area contributed by atoms with Gasteiger partial charge in [-0.3, -0.25) is 0 Å². The third-order valence-electron chi connectivity index (χ3n) is 0. The molecule has 0 saturated heterocycles. The first kappa shape index (κ1) is 15.6. The monoisotopic (exact) mass is 105 g/mol. The summed E-state index contributed by atoms with van der Waals surface area (Å²) >= 11 is 0. The Balaban J connectivity index is -0.0000000450. The normalized spacial score (nSPS) is 4.17. The quantitative estimate of drug-likeness (QED) is 0.287. The summed E-state index contributed by atoms with van der Waals surface area (Å²) in [5.74, 6) is -1.08. The van der Waals surface area contributed by atoms with E-state index in [4.69, 9.17) is 9.90 Å². The van der Waals surface area contributed by atoms with Gasteiger partial charge in [-0.15, -0.1) is 0 Å². The number of carbonyl (C=O) groups is 1. The molecule has 24 valence electrons. The predicted molar refractivity (Wildman–Crippen MR) is 10.7 cm³/mol. The molecule has 0 aromatic carbocycles. The molecule has 0 spiro atoms. The van der Waals surface area contributed by atoms with Gasteiger partial charge in [-0.05, 0) is 6.92 Å². The smallest absolute Gasteiger partial charge is 0.550 e. The van der Waals surface area contributed by atoms with Crippen LogP contribution in [0.5, 0.6) is 0 Å². The topological polar surface area (TPSA) is 40.1 Å². The van der Waals surface area contributed by atoms with Gasteiger partial charge >= 0.3 is 59.1 Å². The molecule has 0 atom stereocenters. The zero-order valence-electron chi connectivity index (χ0n) is 4.32. The van der Waals surface area contributed by atoms with E-state index in [-0.39, 0.29) is 59.1 Å². The second-order valence-corrected chi connectivity index (χ2v) is 0.492. The van der Waals surface area contributed by atoms with Crippen LogP contribution in [0.15, 0.2) is 0 Å². The number of carboxylic acids is 1. The summed E-state index contributed by atoms with van der Waals surface area (Å²) in [7, 11) is 0. The van der Waals surface area contributed by atoms with Crippen LogP contribution in [0.4, 0.5) is 0 Å². The van der Waals surface area contributed by atoms with Gasteiger partial charge in [-0.1, -0.05) is 0 Å². The Morgan fingerprint density at radius 2 is 1.50 bits per heavy atom. The minimum atomic E-state index is -1.08. The van der Waals surface area contributed by atoms with Crippen molar-refractivity contribution in [2.45, 2.75) is 6.92 Å². The Labute approximate surface area is 80.9 Å². The summed E-state index contributed by atoms with van der Waals surface area (Å²) in [5.41, 5.74) is 0. The minimum Gasteiger partial charge on any atom is -0.550 e. The molecule has 0 rings (SSSR count). The van der Waals surface area contributed by atoms with Crippen molar-refractivity contribution in [2.75, 3.05) is 0 Å². The van der Waals surface area contributed by atoms with Crippen molar-refractivity contribution >= 4 is 5.97 Å². The predicted octanol–water partition coefficient (Wildman–Crippen LogP) is -7.24. The van der Waals surface area contributed by atoms with Crippen molar-refractivity contribution in [3.8, 4) is 0 Å². The van der Waals surface area contributed by atoms with Crippen LogP contribution in [0.2, 0.25) is 0 Å². The molecular formula is C2H3Na2O2+. The first-order valence-corrected chi connectivity index (χ1v) is 0.908. The van der Waals surface area contributed by atoms with E-state index < -0.39 is 5.97 Å². The molecule has 0 aliphatic rings. The Morgan fingerprint density at radius 1 is 1.50 bits per heavy atom. The van der Waals surface area contributed by atoms with Crippen LogP contribution in [0.1, 0.15) is 6.92 Å². The standard InChI is InChI=1S/C2H4O2.2Na/c1-2(3)4;;/h1H3,(H,3,4);;/q;2*+1/p-1. The summed E-state index contributed by atoms with van der Waals surface area (Å²) in [4.78, 5) is 8.89. The molecule has 0 fully saturated rings. The van der Waals surface area contributed by atoms with E-state index in [1.165, 1.54) is 0 Å². The molecule has 0 heterocycles. The van der Waals surface area contributed by atoms with Crippen molar-refractivity contribution in [1.29, 1.82) is 0 Å². The largest absolute Gasteiger partial charge is 1.00 e. The summed E-state index contributed by atoms with van der Waals surface area (Å²) < 4.78 is 0. The number of hydrogen-bond donors (Lipinski definition) is 0. The third-order valence-corrected chi connectivity index (χ3v) is 0.